The first-order valence-corrected chi connectivity index (χ1v) is 7.45. The maximum atomic E-state index is 12.1. The van der Waals surface area contributed by atoms with Crippen LogP contribution in [0.1, 0.15) is 22.2 Å². The van der Waals surface area contributed by atoms with Crippen LogP contribution in [0.25, 0.3) is 0 Å². The topological polar surface area (TPSA) is 94.9 Å². The summed E-state index contributed by atoms with van der Waals surface area (Å²) in [5.41, 5.74) is -0.562. The summed E-state index contributed by atoms with van der Waals surface area (Å²) in [7, 11) is -3.68. The van der Waals surface area contributed by atoms with Crippen molar-refractivity contribution in [2.75, 3.05) is 13.1 Å². The normalized spacial score (nSPS) is 19.5. The predicted molar refractivity (Wildman–Crippen MR) is 65.4 cm³/mol. The Morgan fingerprint density at radius 2 is 2.06 bits per heavy atom. The molecule has 2 rings (SSSR count). The minimum absolute atomic E-state index is 0.00731. The van der Waals surface area contributed by atoms with E-state index in [2.05, 4.69) is 0 Å². The van der Waals surface area contributed by atoms with Crippen LogP contribution in [0.15, 0.2) is 10.3 Å². The molecule has 100 valence electrons. The van der Waals surface area contributed by atoms with Crippen molar-refractivity contribution in [2.45, 2.75) is 23.7 Å². The molecular weight excluding hydrogens is 278 g/mol. The third kappa shape index (κ3) is 2.16. The van der Waals surface area contributed by atoms with Gasteiger partial charge in [0.1, 0.15) is 9.09 Å². The minimum Gasteiger partial charge on any atom is -0.477 e. The summed E-state index contributed by atoms with van der Waals surface area (Å²) in [5, 5.41) is 18.4. The fourth-order valence-corrected chi connectivity index (χ4v) is 5.01. The van der Waals surface area contributed by atoms with Gasteiger partial charge in [0.25, 0.3) is 10.0 Å². The third-order valence-electron chi connectivity index (χ3n) is 2.72. The molecule has 2 heterocycles. The number of hydrogen-bond donors (Lipinski definition) is 2. The zero-order chi connectivity index (χ0) is 13.7. The molecule has 0 bridgehead atoms. The highest BCUT2D eigenvalue weighted by atomic mass is 32.2. The molecule has 1 fully saturated rings. The summed E-state index contributed by atoms with van der Waals surface area (Å²) in [5.74, 6) is -1.13. The molecule has 6 nitrogen and oxygen atoms in total. The van der Waals surface area contributed by atoms with Crippen molar-refractivity contribution in [1.82, 2.24) is 4.31 Å². The highest BCUT2D eigenvalue weighted by Gasteiger charge is 2.44. The molecule has 0 atom stereocenters. The average molecular weight is 291 g/mol. The maximum Gasteiger partial charge on any atom is 0.346 e. The zero-order valence-electron chi connectivity index (χ0n) is 9.87. The van der Waals surface area contributed by atoms with Crippen LogP contribution in [0.2, 0.25) is 0 Å². The lowest BCUT2D eigenvalue weighted by atomic mass is 10.0. The highest BCUT2D eigenvalue weighted by Crippen LogP contribution is 2.33. The fourth-order valence-electron chi connectivity index (χ4n) is 1.80. The standard InChI is InChI=1S/C10H13NO5S2/c1-6-3-7(17-8(6)9(12)13)18(15,16)11-4-10(2,14)5-11/h3,14H,4-5H2,1-2H3,(H,12,13). The first-order chi connectivity index (χ1) is 8.13. The molecule has 1 aliphatic rings. The second kappa shape index (κ2) is 4.02. The first kappa shape index (κ1) is 13.5. The zero-order valence-corrected chi connectivity index (χ0v) is 11.5. The van der Waals surface area contributed by atoms with Crippen LogP contribution in [0.5, 0.6) is 0 Å². The molecule has 18 heavy (non-hydrogen) atoms. The van der Waals surface area contributed by atoms with E-state index in [1.54, 1.807) is 13.8 Å². The number of aromatic carboxylic acids is 1. The number of hydrogen-bond acceptors (Lipinski definition) is 5. The molecule has 0 unspecified atom stereocenters. The summed E-state index contributed by atoms with van der Waals surface area (Å²) in [6.07, 6.45) is 0. The molecule has 1 aromatic rings. The SMILES string of the molecule is Cc1cc(S(=O)(=O)N2CC(C)(O)C2)sc1C(=O)O. The molecule has 8 heteroatoms. The van der Waals surface area contributed by atoms with E-state index in [0.29, 0.717) is 5.56 Å². The number of thiophene rings is 1. The van der Waals surface area contributed by atoms with Gasteiger partial charge in [0.05, 0.1) is 5.60 Å². The molecule has 1 aliphatic heterocycles. The molecule has 2 N–H and O–H groups in total. The Labute approximate surface area is 109 Å². The van der Waals surface area contributed by atoms with Gasteiger partial charge >= 0.3 is 5.97 Å². The summed E-state index contributed by atoms with van der Waals surface area (Å²) in [4.78, 5) is 10.9. The molecule has 0 radical (unpaired) electrons. The lowest BCUT2D eigenvalue weighted by molar-refractivity contribution is -0.0425. The van der Waals surface area contributed by atoms with E-state index in [0.717, 1.165) is 15.6 Å². The third-order valence-corrected chi connectivity index (χ3v) is 6.18. The largest absolute Gasteiger partial charge is 0.477 e. The molecule has 1 saturated heterocycles. The number of carbonyl (C=O) groups is 1. The van der Waals surface area contributed by atoms with E-state index in [4.69, 9.17) is 5.11 Å². The Hall–Kier alpha value is -0.960. The van der Waals surface area contributed by atoms with Gasteiger partial charge in [0.2, 0.25) is 0 Å². The Morgan fingerprint density at radius 1 is 1.50 bits per heavy atom. The van der Waals surface area contributed by atoms with Crippen molar-refractivity contribution in [3.63, 3.8) is 0 Å². The number of β-amino-alcohol motifs (C(OH)–C–C–N with tert-alkyl or cyclic N) is 1. The van der Waals surface area contributed by atoms with Crippen LogP contribution in [-0.2, 0) is 10.0 Å². The summed E-state index contributed by atoms with van der Waals surface area (Å²) in [6, 6.07) is 1.36. The Balaban J connectivity index is 2.32. The number of aliphatic hydroxyl groups is 1. The molecular formula is C10H13NO5S2. The van der Waals surface area contributed by atoms with Gasteiger partial charge in [0, 0.05) is 13.1 Å². The number of sulfonamides is 1. The van der Waals surface area contributed by atoms with Gasteiger partial charge in [-0.1, -0.05) is 0 Å². The van der Waals surface area contributed by atoms with Crippen LogP contribution >= 0.6 is 11.3 Å². The van der Waals surface area contributed by atoms with Gasteiger partial charge in [-0.25, -0.2) is 13.2 Å². The van der Waals surface area contributed by atoms with Crippen molar-refractivity contribution in [2.24, 2.45) is 0 Å². The van der Waals surface area contributed by atoms with Crippen molar-refractivity contribution in [1.29, 1.82) is 0 Å². The second-order valence-corrected chi connectivity index (χ2v) is 7.87. The number of carboxylic acids is 1. The van der Waals surface area contributed by atoms with Crippen LogP contribution in [0.3, 0.4) is 0 Å². The van der Waals surface area contributed by atoms with E-state index < -0.39 is 21.6 Å². The molecule has 0 aromatic carbocycles. The van der Waals surface area contributed by atoms with E-state index in [1.807, 2.05) is 0 Å². The van der Waals surface area contributed by atoms with Gasteiger partial charge in [0.15, 0.2) is 0 Å². The van der Waals surface area contributed by atoms with Gasteiger partial charge in [-0.2, -0.15) is 4.31 Å². The Bertz CT molecular complexity index is 594. The number of carboxylic acid groups (broad SMARTS) is 1. The monoisotopic (exact) mass is 291 g/mol. The predicted octanol–water partition coefficient (Wildman–Crippen LogP) is 0.510. The quantitative estimate of drug-likeness (QED) is 0.846. The van der Waals surface area contributed by atoms with Crippen LogP contribution in [0, 0.1) is 6.92 Å². The molecule has 1 aromatic heterocycles. The summed E-state index contributed by atoms with van der Waals surface area (Å²) >= 11 is 0.741. The van der Waals surface area contributed by atoms with Crippen LogP contribution in [-0.4, -0.2) is 47.6 Å². The van der Waals surface area contributed by atoms with Gasteiger partial charge in [-0.05, 0) is 25.5 Å². The molecule has 0 spiro atoms. The number of nitrogens with zero attached hydrogens (tertiary/aromatic N) is 1. The molecule has 0 aliphatic carbocycles. The second-order valence-electron chi connectivity index (χ2n) is 4.65. The lowest BCUT2D eigenvalue weighted by Gasteiger charge is -2.42. The van der Waals surface area contributed by atoms with Crippen molar-refractivity contribution >= 4 is 27.3 Å². The van der Waals surface area contributed by atoms with Gasteiger partial charge in [-0.3, -0.25) is 0 Å². The summed E-state index contributed by atoms with van der Waals surface area (Å²) < 4.78 is 25.4. The lowest BCUT2D eigenvalue weighted by Crippen LogP contribution is -2.61. The van der Waals surface area contributed by atoms with Gasteiger partial charge < -0.3 is 10.2 Å². The van der Waals surface area contributed by atoms with Gasteiger partial charge in [-0.15, -0.1) is 11.3 Å². The smallest absolute Gasteiger partial charge is 0.346 e. The molecule has 0 saturated carbocycles. The van der Waals surface area contributed by atoms with Crippen molar-refractivity contribution in [3.05, 3.63) is 16.5 Å². The van der Waals surface area contributed by atoms with Crippen molar-refractivity contribution in [3.8, 4) is 0 Å². The maximum absolute atomic E-state index is 12.1. The highest BCUT2D eigenvalue weighted by molar-refractivity contribution is 7.91. The van der Waals surface area contributed by atoms with E-state index in [1.165, 1.54) is 6.07 Å². The van der Waals surface area contributed by atoms with E-state index in [-0.39, 0.29) is 22.2 Å². The summed E-state index contributed by atoms with van der Waals surface area (Å²) in [6.45, 7) is 3.19. The molecule has 0 amide bonds. The van der Waals surface area contributed by atoms with E-state index >= 15 is 0 Å². The fraction of sp³-hybridized carbons (Fsp3) is 0.500. The van der Waals surface area contributed by atoms with E-state index in [9.17, 15) is 18.3 Å². The number of rotatable bonds is 3. The minimum atomic E-state index is -3.68. The van der Waals surface area contributed by atoms with Crippen LogP contribution in [0.4, 0.5) is 0 Å². The number of aryl methyl sites for hydroxylation is 1. The Kier molecular flexibility index (Phi) is 3.01. The first-order valence-electron chi connectivity index (χ1n) is 5.20. The van der Waals surface area contributed by atoms with Crippen molar-refractivity contribution < 1.29 is 23.4 Å². The van der Waals surface area contributed by atoms with Crippen LogP contribution < -0.4 is 0 Å². The Morgan fingerprint density at radius 3 is 2.44 bits per heavy atom. The average Bonchev–Trinajstić information content (AvgIpc) is 2.57.